The number of nitrogens with one attached hydrogen (secondary N) is 1. The standard InChI is InChI=1S/C27H30BrN3O2S/c1-15(2)31-23-11-16(3)18(12-21(23)17(4)14-27(31,5)6)13-22-24(32)29-26(34)30(25(22)33)20-9-7-19(28)8-10-20/h7-13,15,17H,14H2,1-6H3,(H,29,32,34)/b22-13+/t17-/m1/s1. The lowest BCUT2D eigenvalue weighted by molar-refractivity contribution is -0.122. The van der Waals surface area contributed by atoms with E-state index in [2.05, 4.69) is 72.9 Å². The van der Waals surface area contributed by atoms with Gasteiger partial charge in [-0.15, -0.1) is 0 Å². The molecular weight excluding hydrogens is 510 g/mol. The number of anilines is 2. The van der Waals surface area contributed by atoms with Gasteiger partial charge in [0.05, 0.1) is 5.69 Å². The number of benzene rings is 2. The second-order valence-electron chi connectivity index (χ2n) is 10.1. The molecular formula is C27H30BrN3O2S. The summed E-state index contributed by atoms with van der Waals surface area (Å²) in [4.78, 5) is 30.1. The van der Waals surface area contributed by atoms with Gasteiger partial charge in [-0.05, 0) is 118 Å². The van der Waals surface area contributed by atoms with E-state index in [1.165, 1.54) is 16.2 Å². The summed E-state index contributed by atoms with van der Waals surface area (Å²) in [6, 6.07) is 11.9. The summed E-state index contributed by atoms with van der Waals surface area (Å²) in [5, 5.41) is 2.76. The first-order valence-electron chi connectivity index (χ1n) is 11.5. The lowest BCUT2D eigenvalue weighted by Gasteiger charge is -2.50. The van der Waals surface area contributed by atoms with Gasteiger partial charge in [0.15, 0.2) is 5.11 Å². The second kappa shape index (κ2) is 8.93. The molecule has 0 saturated carbocycles. The van der Waals surface area contributed by atoms with E-state index in [4.69, 9.17) is 12.2 Å². The summed E-state index contributed by atoms with van der Waals surface area (Å²) >= 11 is 8.73. The van der Waals surface area contributed by atoms with E-state index in [-0.39, 0.29) is 16.2 Å². The fourth-order valence-corrected chi connectivity index (χ4v) is 5.93. The van der Waals surface area contributed by atoms with Gasteiger partial charge < -0.3 is 4.90 Å². The first kappa shape index (κ1) is 24.6. The Kier molecular flexibility index (Phi) is 6.46. The van der Waals surface area contributed by atoms with Crippen LogP contribution in [0.3, 0.4) is 0 Å². The molecule has 1 fully saturated rings. The Morgan fingerprint density at radius 3 is 2.44 bits per heavy atom. The average molecular weight is 541 g/mol. The van der Waals surface area contributed by atoms with Gasteiger partial charge in [-0.1, -0.05) is 22.9 Å². The van der Waals surface area contributed by atoms with Crippen LogP contribution in [0, 0.1) is 6.92 Å². The van der Waals surface area contributed by atoms with E-state index in [0.717, 1.165) is 22.0 Å². The number of rotatable bonds is 3. The maximum Gasteiger partial charge on any atom is 0.270 e. The summed E-state index contributed by atoms with van der Waals surface area (Å²) in [5.74, 6) is -0.537. The molecule has 4 rings (SSSR count). The summed E-state index contributed by atoms with van der Waals surface area (Å²) in [5.41, 5.74) is 5.10. The number of nitrogens with zero attached hydrogens (tertiary/aromatic N) is 2. The molecule has 1 N–H and O–H groups in total. The average Bonchev–Trinajstić information content (AvgIpc) is 2.72. The molecule has 2 heterocycles. The lowest BCUT2D eigenvalue weighted by atomic mass is 9.78. The minimum atomic E-state index is -0.474. The minimum Gasteiger partial charge on any atom is -0.364 e. The number of aryl methyl sites for hydroxylation is 1. The molecule has 0 bridgehead atoms. The number of hydrogen-bond acceptors (Lipinski definition) is 4. The smallest absolute Gasteiger partial charge is 0.270 e. The highest BCUT2D eigenvalue weighted by Crippen LogP contribution is 2.45. The Bertz CT molecular complexity index is 1220. The molecule has 5 nitrogen and oxygen atoms in total. The molecule has 1 saturated heterocycles. The fraction of sp³-hybridized carbons (Fsp3) is 0.370. The molecule has 0 aromatic heterocycles. The highest BCUT2D eigenvalue weighted by molar-refractivity contribution is 9.10. The predicted octanol–water partition coefficient (Wildman–Crippen LogP) is 6.09. The summed E-state index contributed by atoms with van der Waals surface area (Å²) < 4.78 is 0.892. The molecule has 0 spiro atoms. The largest absolute Gasteiger partial charge is 0.364 e. The zero-order valence-electron chi connectivity index (χ0n) is 20.4. The van der Waals surface area contributed by atoms with Crippen molar-refractivity contribution in [1.82, 2.24) is 5.32 Å². The van der Waals surface area contributed by atoms with Crippen LogP contribution in [0.4, 0.5) is 11.4 Å². The number of hydrogen-bond donors (Lipinski definition) is 1. The molecule has 178 valence electrons. The molecule has 2 aromatic rings. The Morgan fingerprint density at radius 1 is 1.18 bits per heavy atom. The topological polar surface area (TPSA) is 52.7 Å². The molecule has 2 aromatic carbocycles. The van der Waals surface area contributed by atoms with Crippen LogP contribution in [0.25, 0.3) is 6.08 Å². The Morgan fingerprint density at radius 2 is 1.82 bits per heavy atom. The summed E-state index contributed by atoms with van der Waals surface area (Å²) in [6.45, 7) is 13.3. The van der Waals surface area contributed by atoms with Crippen molar-refractivity contribution in [1.29, 1.82) is 0 Å². The van der Waals surface area contributed by atoms with E-state index in [0.29, 0.717) is 17.6 Å². The number of fused-ring (bicyclic) bond motifs is 1. The van der Waals surface area contributed by atoms with Crippen molar-refractivity contribution < 1.29 is 9.59 Å². The lowest BCUT2D eigenvalue weighted by Crippen LogP contribution is -2.54. The van der Waals surface area contributed by atoms with Crippen molar-refractivity contribution in [3.8, 4) is 0 Å². The van der Waals surface area contributed by atoms with E-state index < -0.39 is 11.8 Å². The van der Waals surface area contributed by atoms with Crippen molar-refractivity contribution in [2.24, 2.45) is 0 Å². The maximum absolute atomic E-state index is 13.4. The molecule has 2 aliphatic rings. The number of halogens is 1. The maximum atomic E-state index is 13.4. The van der Waals surface area contributed by atoms with Gasteiger partial charge in [0.25, 0.3) is 11.8 Å². The molecule has 7 heteroatoms. The van der Waals surface area contributed by atoms with Crippen molar-refractivity contribution in [2.45, 2.75) is 65.5 Å². The van der Waals surface area contributed by atoms with Crippen LogP contribution in [-0.2, 0) is 9.59 Å². The highest BCUT2D eigenvalue weighted by Gasteiger charge is 2.38. The molecule has 2 aliphatic heterocycles. The number of carbonyl (C=O) groups is 2. The van der Waals surface area contributed by atoms with Crippen LogP contribution in [-0.4, -0.2) is 28.5 Å². The van der Waals surface area contributed by atoms with Crippen molar-refractivity contribution in [3.63, 3.8) is 0 Å². The second-order valence-corrected chi connectivity index (χ2v) is 11.4. The van der Waals surface area contributed by atoms with Crippen LogP contribution >= 0.6 is 28.1 Å². The Labute approximate surface area is 215 Å². The zero-order chi connectivity index (χ0) is 24.9. The SMILES string of the molecule is Cc1cc2c(cc1/C=C1\C(=O)NC(=S)N(c3ccc(Br)cc3)C1=O)[C@H](C)CC(C)(C)N2C(C)C. The Balaban J connectivity index is 1.78. The third kappa shape index (κ3) is 4.31. The van der Waals surface area contributed by atoms with E-state index in [1.54, 1.807) is 18.2 Å². The third-order valence-electron chi connectivity index (χ3n) is 6.67. The van der Waals surface area contributed by atoms with Crippen LogP contribution in [0.15, 0.2) is 46.4 Å². The van der Waals surface area contributed by atoms with Gasteiger partial charge in [0.2, 0.25) is 0 Å². The molecule has 2 amide bonds. The van der Waals surface area contributed by atoms with E-state index in [1.807, 2.05) is 19.1 Å². The van der Waals surface area contributed by atoms with Gasteiger partial charge in [0, 0.05) is 21.7 Å². The number of thiocarbonyl (C=S) groups is 1. The van der Waals surface area contributed by atoms with Crippen LogP contribution in [0.5, 0.6) is 0 Å². The van der Waals surface area contributed by atoms with E-state index >= 15 is 0 Å². The van der Waals surface area contributed by atoms with Gasteiger partial charge >= 0.3 is 0 Å². The van der Waals surface area contributed by atoms with Crippen molar-refractivity contribution in [2.75, 3.05) is 9.80 Å². The third-order valence-corrected chi connectivity index (χ3v) is 7.48. The summed E-state index contributed by atoms with van der Waals surface area (Å²) in [7, 11) is 0. The van der Waals surface area contributed by atoms with Crippen LogP contribution in [0.2, 0.25) is 0 Å². The van der Waals surface area contributed by atoms with Gasteiger partial charge in [-0.3, -0.25) is 19.8 Å². The monoisotopic (exact) mass is 539 g/mol. The van der Waals surface area contributed by atoms with E-state index in [9.17, 15) is 9.59 Å². The first-order valence-corrected chi connectivity index (χ1v) is 12.7. The zero-order valence-corrected chi connectivity index (χ0v) is 22.8. The predicted molar refractivity (Wildman–Crippen MR) is 146 cm³/mol. The summed E-state index contributed by atoms with van der Waals surface area (Å²) in [6.07, 6.45) is 2.73. The molecule has 0 radical (unpaired) electrons. The number of carbonyl (C=O) groups excluding carboxylic acids is 2. The fourth-order valence-electron chi connectivity index (χ4n) is 5.38. The van der Waals surface area contributed by atoms with Crippen LogP contribution in [0.1, 0.15) is 63.6 Å². The van der Waals surface area contributed by atoms with Gasteiger partial charge in [-0.25, -0.2) is 0 Å². The van der Waals surface area contributed by atoms with Crippen molar-refractivity contribution in [3.05, 3.63) is 63.1 Å². The minimum absolute atomic E-state index is 0.0487. The molecule has 34 heavy (non-hydrogen) atoms. The first-order chi connectivity index (χ1) is 15.9. The van der Waals surface area contributed by atoms with Gasteiger partial charge in [-0.2, -0.15) is 0 Å². The van der Waals surface area contributed by atoms with Crippen molar-refractivity contribution >= 4 is 62.5 Å². The molecule has 0 aliphatic carbocycles. The van der Waals surface area contributed by atoms with Crippen LogP contribution < -0.4 is 15.1 Å². The normalized spacial score (nSPS) is 21.2. The van der Waals surface area contributed by atoms with Gasteiger partial charge in [0.1, 0.15) is 5.57 Å². The quantitative estimate of drug-likeness (QED) is 0.291. The number of amides is 2. The molecule has 1 atom stereocenters. The molecule has 0 unspecified atom stereocenters. The Hall–Kier alpha value is -2.51. The highest BCUT2D eigenvalue weighted by atomic mass is 79.9.